The van der Waals surface area contributed by atoms with Crippen LogP contribution in [0.15, 0.2) is 72.8 Å². The summed E-state index contributed by atoms with van der Waals surface area (Å²) in [7, 11) is 0. The van der Waals surface area contributed by atoms with Crippen molar-refractivity contribution in [2.45, 2.75) is 31.3 Å². The van der Waals surface area contributed by atoms with E-state index >= 15 is 0 Å². The zero-order chi connectivity index (χ0) is 21.4. The maximum Gasteiger partial charge on any atom is 0.238 e. The van der Waals surface area contributed by atoms with Crippen LogP contribution in [0.5, 0.6) is 0 Å². The van der Waals surface area contributed by atoms with Crippen LogP contribution in [-0.4, -0.2) is 23.9 Å². The molecule has 0 saturated carbocycles. The molecule has 0 N–H and O–H groups in total. The van der Waals surface area contributed by atoms with E-state index in [1.54, 1.807) is 6.07 Å². The van der Waals surface area contributed by atoms with Crippen LogP contribution in [0.3, 0.4) is 0 Å². The molecule has 0 aromatic heterocycles. The fourth-order valence-electron chi connectivity index (χ4n) is 4.99. The predicted octanol–water partition coefficient (Wildman–Crippen LogP) is 6.07. The van der Waals surface area contributed by atoms with Crippen molar-refractivity contribution >= 4 is 34.8 Å². The van der Waals surface area contributed by atoms with Crippen LogP contribution in [0, 0.1) is 0 Å². The molecule has 1 amide bonds. The van der Waals surface area contributed by atoms with Gasteiger partial charge in [0.05, 0.1) is 12.0 Å². The number of rotatable bonds is 4. The summed E-state index contributed by atoms with van der Waals surface area (Å²) in [6.45, 7) is 3.11. The third-order valence-electron chi connectivity index (χ3n) is 6.67. The van der Waals surface area contributed by atoms with Crippen LogP contribution in [-0.2, 0) is 23.3 Å². The molecule has 5 heteroatoms. The van der Waals surface area contributed by atoms with E-state index < -0.39 is 5.41 Å². The predicted molar refractivity (Wildman–Crippen MR) is 127 cm³/mol. The molecule has 3 nitrogen and oxygen atoms in total. The van der Waals surface area contributed by atoms with Crippen LogP contribution in [0.4, 0.5) is 5.69 Å². The number of amides is 1. The topological polar surface area (TPSA) is 23.6 Å². The van der Waals surface area contributed by atoms with Crippen molar-refractivity contribution in [3.05, 3.63) is 99.5 Å². The Hall–Kier alpha value is -2.33. The number of halogens is 2. The smallest absolute Gasteiger partial charge is 0.238 e. The van der Waals surface area contributed by atoms with Gasteiger partial charge in [0.15, 0.2) is 0 Å². The number of carbonyl (C=O) groups is 1. The molecule has 5 rings (SSSR count). The van der Waals surface area contributed by atoms with E-state index in [1.807, 2.05) is 41.3 Å². The summed E-state index contributed by atoms with van der Waals surface area (Å²) < 4.78 is 0. The fraction of sp³-hybridized carbons (Fsp3) is 0.269. The van der Waals surface area contributed by atoms with Crippen LogP contribution >= 0.6 is 23.2 Å². The molecule has 0 unspecified atom stereocenters. The molecule has 2 aliphatic rings. The first-order chi connectivity index (χ1) is 15.1. The number of anilines is 1. The van der Waals surface area contributed by atoms with Crippen LogP contribution < -0.4 is 4.90 Å². The van der Waals surface area contributed by atoms with Gasteiger partial charge in [0.2, 0.25) is 5.91 Å². The van der Waals surface area contributed by atoms with Gasteiger partial charge in [0, 0.05) is 22.3 Å². The third kappa shape index (κ3) is 3.76. The minimum atomic E-state index is -0.425. The first-order valence-electron chi connectivity index (χ1n) is 10.7. The lowest BCUT2D eigenvalue weighted by atomic mass is 9.73. The van der Waals surface area contributed by atoms with E-state index in [0.717, 1.165) is 49.3 Å². The number of hydrogen-bond acceptors (Lipinski definition) is 2. The highest BCUT2D eigenvalue weighted by atomic mass is 35.5. The van der Waals surface area contributed by atoms with E-state index in [1.165, 1.54) is 5.56 Å². The Morgan fingerprint density at radius 1 is 0.839 bits per heavy atom. The first-order valence-corrected chi connectivity index (χ1v) is 11.4. The van der Waals surface area contributed by atoms with Crippen molar-refractivity contribution in [3.8, 4) is 0 Å². The maximum atomic E-state index is 13.8. The van der Waals surface area contributed by atoms with Gasteiger partial charge in [-0.15, -0.1) is 0 Å². The second-order valence-electron chi connectivity index (χ2n) is 8.49. The Morgan fingerprint density at radius 3 is 2.29 bits per heavy atom. The lowest BCUT2D eigenvalue weighted by molar-refractivity contribution is -0.125. The highest BCUT2D eigenvalue weighted by Crippen LogP contribution is 2.48. The number of piperidine rings is 1. The van der Waals surface area contributed by atoms with Crippen molar-refractivity contribution < 1.29 is 4.79 Å². The Kier molecular flexibility index (Phi) is 5.51. The lowest BCUT2D eigenvalue weighted by Gasteiger charge is -2.38. The van der Waals surface area contributed by atoms with Gasteiger partial charge in [0.1, 0.15) is 0 Å². The van der Waals surface area contributed by atoms with E-state index in [9.17, 15) is 4.79 Å². The van der Waals surface area contributed by atoms with E-state index in [0.29, 0.717) is 16.6 Å². The molecule has 3 aromatic rings. The Morgan fingerprint density at radius 2 is 1.55 bits per heavy atom. The average molecular weight is 451 g/mol. The zero-order valence-corrected chi connectivity index (χ0v) is 18.7. The lowest BCUT2D eigenvalue weighted by Crippen LogP contribution is -2.48. The SMILES string of the molecule is O=C1N(Cc2ccccc2)c2ccccc2C12CCN(Cc1ccc(Cl)cc1Cl)CC2. The standard InChI is InChI=1S/C26H24Cl2N2O/c27-21-11-10-20(23(28)16-21)18-29-14-12-26(13-15-29)22-8-4-5-9-24(22)30(25(26)31)17-19-6-2-1-3-7-19/h1-11,16H,12-15,17-18H2. The molecular formula is C26H24Cl2N2O. The molecular weight excluding hydrogens is 427 g/mol. The summed E-state index contributed by atoms with van der Waals surface area (Å²) in [4.78, 5) is 18.1. The molecule has 0 atom stereocenters. The number of hydrogen-bond donors (Lipinski definition) is 0. The number of carbonyl (C=O) groups excluding carboxylic acids is 1. The minimum absolute atomic E-state index is 0.238. The highest BCUT2D eigenvalue weighted by Gasteiger charge is 2.51. The Balaban J connectivity index is 1.37. The second-order valence-corrected chi connectivity index (χ2v) is 9.33. The number of benzene rings is 3. The summed E-state index contributed by atoms with van der Waals surface area (Å²) in [5.74, 6) is 0.238. The van der Waals surface area contributed by atoms with Crippen LogP contribution in [0.1, 0.15) is 29.5 Å². The summed E-state index contributed by atoms with van der Waals surface area (Å²) >= 11 is 12.4. The van der Waals surface area contributed by atoms with Crippen molar-refractivity contribution in [2.24, 2.45) is 0 Å². The van der Waals surface area contributed by atoms with Gasteiger partial charge in [-0.25, -0.2) is 0 Å². The molecule has 1 spiro atoms. The Bertz CT molecular complexity index is 1110. The normalized spacial score (nSPS) is 17.9. The van der Waals surface area contributed by atoms with Crippen molar-refractivity contribution in [1.82, 2.24) is 4.90 Å². The maximum absolute atomic E-state index is 13.8. The summed E-state index contributed by atoms with van der Waals surface area (Å²) in [5.41, 5.74) is 4.04. The summed E-state index contributed by atoms with van der Waals surface area (Å²) in [6.07, 6.45) is 1.64. The number of para-hydroxylation sites is 1. The molecule has 3 aromatic carbocycles. The number of nitrogens with zero attached hydrogens (tertiary/aromatic N) is 2. The molecule has 0 radical (unpaired) electrons. The molecule has 158 valence electrons. The Labute approximate surface area is 193 Å². The third-order valence-corrected chi connectivity index (χ3v) is 7.25. The molecule has 0 bridgehead atoms. The molecule has 0 aliphatic carbocycles. The van der Waals surface area contributed by atoms with Gasteiger partial charge in [-0.1, -0.05) is 77.8 Å². The van der Waals surface area contributed by atoms with E-state index in [2.05, 4.69) is 35.2 Å². The molecule has 1 fully saturated rings. The molecule has 31 heavy (non-hydrogen) atoms. The monoisotopic (exact) mass is 450 g/mol. The zero-order valence-electron chi connectivity index (χ0n) is 17.2. The van der Waals surface area contributed by atoms with Crippen molar-refractivity contribution in [2.75, 3.05) is 18.0 Å². The van der Waals surface area contributed by atoms with Gasteiger partial charge in [-0.3, -0.25) is 9.69 Å². The van der Waals surface area contributed by atoms with Crippen LogP contribution in [0.2, 0.25) is 10.0 Å². The minimum Gasteiger partial charge on any atom is -0.307 e. The van der Waals surface area contributed by atoms with Gasteiger partial charge in [-0.05, 0) is 60.8 Å². The van der Waals surface area contributed by atoms with E-state index in [4.69, 9.17) is 23.2 Å². The largest absolute Gasteiger partial charge is 0.307 e. The quantitative estimate of drug-likeness (QED) is 0.481. The first kappa shape index (κ1) is 20.6. The number of fused-ring (bicyclic) bond motifs is 2. The van der Waals surface area contributed by atoms with Gasteiger partial charge >= 0.3 is 0 Å². The van der Waals surface area contributed by atoms with Gasteiger partial charge in [0.25, 0.3) is 0 Å². The van der Waals surface area contributed by atoms with Crippen LogP contribution in [0.25, 0.3) is 0 Å². The summed E-state index contributed by atoms with van der Waals surface area (Å²) in [6, 6.07) is 24.2. The van der Waals surface area contributed by atoms with Gasteiger partial charge < -0.3 is 4.90 Å². The molecule has 2 heterocycles. The van der Waals surface area contributed by atoms with Gasteiger partial charge in [-0.2, -0.15) is 0 Å². The second kappa shape index (κ2) is 8.31. The average Bonchev–Trinajstić information content (AvgIpc) is 3.01. The van der Waals surface area contributed by atoms with Crippen molar-refractivity contribution in [3.63, 3.8) is 0 Å². The number of likely N-dealkylation sites (tertiary alicyclic amines) is 1. The molecule has 2 aliphatic heterocycles. The fourth-order valence-corrected chi connectivity index (χ4v) is 5.45. The molecule has 1 saturated heterocycles. The van der Waals surface area contributed by atoms with Crippen molar-refractivity contribution in [1.29, 1.82) is 0 Å². The summed E-state index contributed by atoms with van der Waals surface area (Å²) in [5, 5.41) is 1.35. The highest BCUT2D eigenvalue weighted by molar-refractivity contribution is 6.35. The van der Waals surface area contributed by atoms with E-state index in [-0.39, 0.29) is 5.91 Å².